The Balaban J connectivity index is 1.47. The highest BCUT2D eigenvalue weighted by atomic mass is 15.3. The van der Waals surface area contributed by atoms with Crippen molar-refractivity contribution in [1.82, 2.24) is 20.0 Å². The van der Waals surface area contributed by atoms with Gasteiger partial charge >= 0.3 is 0 Å². The van der Waals surface area contributed by atoms with Crippen LogP contribution in [-0.4, -0.2) is 40.4 Å². The second kappa shape index (κ2) is 4.62. The Morgan fingerprint density at radius 3 is 2.84 bits per heavy atom. The lowest BCUT2D eigenvalue weighted by molar-refractivity contribution is 0.0685. The van der Waals surface area contributed by atoms with E-state index in [0.29, 0.717) is 6.04 Å². The molecule has 3 aliphatic rings. The van der Waals surface area contributed by atoms with Gasteiger partial charge in [0.1, 0.15) is 0 Å². The third-order valence-corrected chi connectivity index (χ3v) is 4.71. The molecule has 0 spiro atoms. The Hall–Kier alpha value is -1.39. The summed E-state index contributed by atoms with van der Waals surface area (Å²) in [6.45, 7) is 4.63. The van der Waals surface area contributed by atoms with Crippen LogP contribution in [-0.2, 0) is 6.67 Å². The molecule has 0 aliphatic carbocycles. The van der Waals surface area contributed by atoms with Gasteiger partial charge in [0.05, 0.1) is 18.4 Å². The van der Waals surface area contributed by atoms with Crippen LogP contribution in [0.5, 0.6) is 0 Å². The summed E-state index contributed by atoms with van der Waals surface area (Å²) >= 11 is 0. The lowest BCUT2D eigenvalue weighted by Gasteiger charge is -2.45. The number of para-hydroxylation sites is 1. The summed E-state index contributed by atoms with van der Waals surface area (Å²) in [6, 6.07) is 9.04. The Morgan fingerprint density at radius 1 is 1.21 bits per heavy atom. The maximum Gasteiger partial charge on any atom is 0.0913 e. The van der Waals surface area contributed by atoms with Crippen molar-refractivity contribution in [3.05, 3.63) is 30.5 Å². The summed E-state index contributed by atoms with van der Waals surface area (Å²) in [7, 11) is 0. The predicted molar refractivity (Wildman–Crippen MR) is 75.8 cm³/mol. The number of benzene rings is 1. The minimum absolute atomic E-state index is 0.644. The molecule has 2 bridgehead atoms. The molecule has 1 N–H and O–H groups in total. The SMILES string of the molecule is c1ccc2c(c1)cnn2CN[C@@H]1CN2CCC1CC2. The standard InChI is InChI=1S/C15H20N4/c1-2-4-15-13(3-1)9-17-19(15)11-16-14-10-18-7-5-12(14)6-8-18/h1-4,9,12,14,16H,5-8,10-11H2/t14-/m1/s1. The van der Waals surface area contributed by atoms with Crippen LogP contribution in [0.15, 0.2) is 30.5 Å². The third-order valence-electron chi connectivity index (χ3n) is 4.71. The Bertz CT molecular complexity index is 568. The van der Waals surface area contributed by atoms with Crippen LogP contribution in [0, 0.1) is 5.92 Å². The molecule has 19 heavy (non-hydrogen) atoms. The summed E-state index contributed by atoms with van der Waals surface area (Å²) in [5.41, 5.74) is 1.22. The van der Waals surface area contributed by atoms with E-state index in [1.807, 2.05) is 6.20 Å². The number of hydrogen-bond donors (Lipinski definition) is 1. The molecule has 2 aromatic rings. The van der Waals surface area contributed by atoms with Crippen molar-refractivity contribution < 1.29 is 0 Å². The number of nitrogens with one attached hydrogen (secondary N) is 1. The van der Waals surface area contributed by atoms with Gasteiger partial charge in [0.15, 0.2) is 0 Å². The van der Waals surface area contributed by atoms with Gasteiger partial charge < -0.3 is 4.90 Å². The van der Waals surface area contributed by atoms with Crippen molar-refractivity contribution in [1.29, 1.82) is 0 Å². The molecule has 0 amide bonds. The average molecular weight is 256 g/mol. The zero-order valence-electron chi connectivity index (χ0n) is 11.1. The van der Waals surface area contributed by atoms with E-state index < -0.39 is 0 Å². The topological polar surface area (TPSA) is 33.1 Å². The molecule has 0 saturated carbocycles. The van der Waals surface area contributed by atoms with E-state index in [1.165, 1.54) is 43.4 Å². The zero-order chi connectivity index (χ0) is 12.7. The lowest BCUT2D eigenvalue weighted by atomic mass is 9.84. The molecule has 5 rings (SSSR count). The number of nitrogens with zero attached hydrogens (tertiary/aromatic N) is 3. The molecule has 100 valence electrons. The lowest BCUT2D eigenvalue weighted by Crippen LogP contribution is -2.56. The number of rotatable bonds is 3. The molecular weight excluding hydrogens is 236 g/mol. The minimum Gasteiger partial charge on any atom is -0.302 e. The molecule has 4 heteroatoms. The van der Waals surface area contributed by atoms with Gasteiger partial charge in [-0.05, 0) is 37.9 Å². The van der Waals surface area contributed by atoms with Gasteiger partial charge in [-0.25, -0.2) is 0 Å². The highest BCUT2D eigenvalue weighted by Gasteiger charge is 2.33. The maximum absolute atomic E-state index is 4.48. The first-order valence-electron chi connectivity index (χ1n) is 7.26. The summed E-state index contributed by atoms with van der Waals surface area (Å²) in [6.07, 6.45) is 4.67. The highest BCUT2D eigenvalue weighted by molar-refractivity contribution is 5.78. The van der Waals surface area contributed by atoms with Crippen LogP contribution in [0.4, 0.5) is 0 Å². The van der Waals surface area contributed by atoms with Crippen molar-refractivity contribution in [3.8, 4) is 0 Å². The number of hydrogen-bond acceptors (Lipinski definition) is 3. The summed E-state index contributed by atoms with van der Waals surface area (Å²) in [5, 5.41) is 9.41. The van der Waals surface area contributed by atoms with Crippen LogP contribution in [0.25, 0.3) is 10.9 Å². The summed E-state index contributed by atoms with van der Waals surface area (Å²) < 4.78 is 2.08. The van der Waals surface area contributed by atoms with E-state index in [1.54, 1.807) is 0 Å². The Morgan fingerprint density at radius 2 is 2.05 bits per heavy atom. The van der Waals surface area contributed by atoms with Crippen molar-refractivity contribution in [2.75, 3.05) is 19.6 Å². The van der Waals surface area contributed by atoms with Gasteiger partial charge in [0.25, 0.3) is 0 Å². The van der Waals surface area contributed by atoms with Gasteiger partial charge in [-0.1, -0.05) is 18.2 Å². The number of piperidine rings is 3. The number of fused-ring (bicyclic) bond motifs is 4. The van der Waals surface area contributed by atoms with Gasteiger partial charge in [0, 0.05) is 18.0 Å². The van der Waals surface area contributed by atoms with Crippen LogP contribution in [0.3, 0.4) is 0 Å². The Labute approximate surface area is 113 Å². The largest absolute Gasteiger partial charge is 0.302 e. The van der Waals surface area contributed by atoms with Crippen LogP contribution in [0.2, 0.25) is 0 Å². The molecule has 4 heterocycles. The third kappa shape index (κ3) is 2.05. The molecule has 3 aliphatic heterocycles. The maximum atomic E-state index is 4.48. The van der Waals surface area contributed by atoms with E-state index in [0.717, 1.165) is 12.6 Å². The second-order valence-corrected chi connectivity index (χ2v) is 5.81. The van der Waals surface area contributed by atoms with Gasteiger partial charge in [0.2, 0.25) is 0 Å². The fraction of sp³-hybridized carbons (Fsp3) is 0.533. The summed E-state index contributed by atoms with van der Waals surface area (Å²) in [4.78, 5) is 2.58. The fourth-order valence-electron chi connectivity index (χ4n) is 3.55. The average Bonchev–Trinajstić information content (AvgIpc) is 2.90. The van der Waals surface area contributed by atoms with E-state index >= 15 is 0 Å². The highest BCUT2D eigenvalue weighted by Crippen LogP contribution is 2.27. The first kappa shape index (κ1) is 11.4. The molecule has 1 atom stereocenters. The van der Waals surface area contributed by atoms with E-state index in [9.17, 15) is 0 Å². The number of aromatic nitrogens is 2. The quantitative estimate of drug-likeness (QED) is 0.907. The van der Waals surface area contributed by atoms with E-state index in [4.69, 9.17) is 0 Å². The zero-order valence-corrected chi connectivity index (χ0v) is 11.1. The minimum atomic E-state index is 0.644. The van der Waals surface area contributed by atoms with Crippen LogP contribution >= 0.6 is 0 Å². The summed E-state index contributed by atoms with van der Waals surface area (Å²) in [5.74, 6) is 0.867. The van der Waals surface area contributed by atoms with Crippen molar-refractivity contribution >= 4 is 10.9 Å². The normalized spacial score (nSPS) is 30.0. The first-order chi connectivity index (χ1) is 9.40. The predicted octanol–water partition coefficient (Wildman–Crippen LogP) is 1.68. The molecule has 3 saturated heterocycles. The van der Waals surface area contributed by atoms with E-state index in [2.05, 4.69) is 44.3 Å². The monoisotopic (exact) mass is 256 g/mol. The van der Waals surface area contributed by atoms with Crippen molar-refractivity contribution in [2.45, 2.75) is 25.6 Å². The fourth-order valence-corrected chi connectivity index (χ4v) is 3.55. The van der Waals surface area contributed by atoms with Crippen LogP contribution in [0.1, 0.15) is 12.8 Å². The van der Waals surface area contributed by atoms with Crippen LogP contribution < -0.4 is 5.32 Å². The molecule has 4 nitrogen and oxygen atoms in total. The molecule has 1 aromatic heterocycles. The molecule has 0 radical (unpaired) electrons. The van der Waals surface area contributed by atoms with Crippen molar-refractivity contribution in [3.63, 3.8) is 0 Å². The second-order valence-electron chi connectivity index (χ2n) is 5.81. The molecule has 0 unspecified atom stereocenters. The Kier molecular flexibility index (Phi) is 2.78. The van der Waals surface area contributed by atoms with Gasteiger partial charge in [-0.15, -0.1) is 0 Å². The van der Waals surface area contributed by atoms with Gasteiger partial charge in [-0.2, -0.15) is 5.10 Å². The molecular formula is C15H20N4. The first-order valence-corrected chi connectivity index (χ1v) is 7.26. The van der Waals surface area contributed by atoms with Gasteiger partial charge in [-0.3, -0.25) is 10.00 Å². The van der Waals surface area contributed by atoms with E-state index in [-0.39, 0.29) is 0 Å². The smallest absolute Gasteiger partial charge is 0.0913 e. The molecule has 3 fully saturated rings. The van der Waals surface area contributed by atoms with Crippen molar-refractivity contribution in [2.24, 2.45) is 5.92 Å². The molecule has 1 aromatic carbocycles.